The zero-order valence-corrected chi connectivity index (χ0v) is 10.7. The SMILES string of the molecule is c1ccc(CCc2cccc(-c3ncc[nH]3)c2)cc1. The lowest BCUT2D eigenvalue weighted by molar-refractivity contribution is 0.960. The summed E-state index contributed by atoms with van der Waals surface area (Å²) < 4.78 is 0. The molecule has 0 saturated heterocycles. The molecule has 1 N–H and O–H groups in total. The van der Waals surface area contributed by atoms with Crippen LogP contribution in [0, 0.1) is 0 Å². The lowest BCUT2D eigenvalue weighted by Crippen LogP contribution is -1.92. The maximum absolute atomic E-state index is 4.29. The van der Waals surface area contributed by atoms with E-state index in [4.69, 9.17) is 0 Å². The molecule has 0 aliphatic rings. The molecule has 0 unspecified atom stereocenters. The molecular weight excluding hydrogens is 232 g/mol. The molecule has 0 radical (unpaired) electrons. The molecule has 0 saturated carbocycles. The number of benzene rings is 2. The molecular formula is C17H16N2. The Morgan fingerprint density at radius 1 is 0.842 bits per heavy atom. The van der Waals surface area contributed by atoms with Crippen molar-refractivity contribution in [2.24, 2.45) is 0 Å². The van der Waals surface area contributed by atoms with Gasteiger partial charge in [-0.1, -0.05) is 48.5 Å². The van der Waals surface area contributed by atoms with E-state index in [1.807, 2.05) is 6.20 Å². The van der Waals surface area contributed by atoms with Gasteiger partial charge in [0.2, 0.25) is 0 Å². The Hall–Kier alpha value is -2.35. The quantitative estimate of drug-likeness (QED) is 0.746. The fourth-order valence-electron chi connectivity index (χ4n) is 2.23. The fraction of sp³-hybridized carbons (Fsp3) is 0.118. The van der Waals surface area contributed by atoms with Crippen LogP contribution in [0.3, 0.4) is 0 Å². The number of aryl methyl sites for hydroxylation is 2. The molecule has 0 bridgehead atoms. The Kier molecular flexibility index (Phi) is 3.41. The highest BCUT2D eigenvalue weighted by Crippen LogP contribution is 2.17. The van der Waals surface area contributed by atoms with Gasteiger partial charge in [-0.15, -0.1) is 0 Å². The standard InChI is InChI=1S/C17H16N2/c1-2-5-14(6-3-1)9-10-15-7-4-8-16(13-15)17-18-11-12-19-17/h1-8,11-13H,9-10H2,(H,18,19). The molecule has 0 spiro atoms. The van der Waals surface area contributed by atoms with Gasteiger partial charge in [-0.05, 0) is 30.0 Å². The average Bonchev–Trinajstić information content (AvgIpc) is 3.01. The smallest absolute Gasteiger partial charge is 0.137 e. The molecule has 0 amide bonds. The van der Waals surface area contributed by atoms with Gasteiger partial charge in [0.05, 0.1) is 0 Å². The average molecular weight is 248 g/mol. The number of aromatic nitrogens is 2. The largest absolute Gasteiger partial charge is 0.345 e. The third-order valence-electron chi connectivity index (χ3n) is 3.24. The van der Waals surface area contributed by atoms with E-state index in [1.165, 1.54) is 11.1 Å². The lowest BCUT2D eigenvalue weighted by atomic mass is 10.0. The first-order chi connectivity index (χ1) is 9.42. The van der Waals surface area contributed by atoms with Crippen molar-refractivity contribution in [1.29, 1.82) is 0 Å². The molecule has 2 heteroatoms. The summed E-state index contributed by atoms with van der Waals surface area (Å²) in [5.74, 6) is 0.932. The lowest BCUT2D eigenvalue weighted by Gasteiger charge is -2.04. The zero-order valence-electron chi connectivity index (χ0n) is 10.7. The summed E-state index contributed by atoms with van der Waals surface area (Å²) in [4.78, 5) is 7.43. The summed E-state index contributed by atoms with van der Waals surface area (Å²) in [7, 11) is 0. The van der Waals surface area contributed by atoms with Crippen LogP contribution in [0.5, 0.6) is 0 Å². The number of imidazole rings is 1. The maximum Gasteiger partial charge on any atom is 0.137 e. The summed E-state index contributed by atoms with van der Waals surface area (Å²) in [6.45, 7) is 0. The third kappa shape index (κ3) is 2.91. The minimum Gasteiger partial charge on any atom is -0.345 e. The topological polar surface area (TPSA) is 28.7 Å². The van der Waals surface area contributed by atoms with E-state index in [2.05, 4.69) is 64.6 Å². The maximum atomic E-state index is 4.29. The molecule has 0 atom stereocenters. The van der Waals surface area contributed by atoms with Crippen molar-refractivity contribution in [3.8, 4) is 11.4 Å². The van der Waals surface area contributed by atoms with Crippen LogP contribution in [0.25, 0.3) is 11.4 Å². The highest BCUT2D eigenvalue weighted by atomic mass is 14.9. The van der Waals surface area contributed by atoms with Crippen LogP contribution in [0.15, 0.2) is 67.0 Å². The van der Waals surface area contributed by atoms with Crippen molar-refractivity contribution in [3.63, 3.8) is 0 Å². The van der Waals surface area contributed by atoms with Crippen molar-refractivity contribution in [2.75, 3.05) is 0 Å². The molecule has 1 aromatic heterocycles. The number of nitrogens with one attached hydrogen (secondary N) is 1. The van der Waals surface area contributed by atoms with Gasteiger partial charge in [0.1, 0.15) is 5.82 Å². The summed E-state index contributed by atoms with van der Waals surface area (Å²) in [5, 5.41) is 0. The van der Waals surface area contributed by atoms with Crippen LogP contribution in [0.4, 0.5) is 0 Å². The van der Waals surface area contributed by atoms with Gasteiger partial charge < -0.3 is 4.98 Å². The minimum atomic E-state index is 0.932. The molecule has 94 valence electrons. The summed E-state index contributed by atoms with van der Waals surface area (Å²) >= 11 is 0. The highest BCUT2D eigenvalue weighted by Gasteiger charge is 2.01. The third-order valence-corrected chi connectivity index (χ3v) is 3.24. The van der Waals surface area contributed by atoms with E-state index in [9.17, 15) is 0 Å². The Labute approximate surface area is 113 Å². The molecule has 0 aliphatic carbocycles. The minimum absolute atomic E-state index is 0.932. The molecule has 19 heavy (non-hydrogen) atoms. The number of aromatic amines is 1. The van der Waals surface area contributed by atoms with Crippen LogP contribution in [0.1, 0.15) is 11.1 Å². The van der Waals surface area contributed by atoms with E-state index < -0.39 is 0 Å². The van der Waals surface area contributed by atoms with Crippen LogP contribution < -0.4 is 0 Å². The summed E-state index contributed by atoms with van der Waals surface area (Å²) in [6.07, 6.45) is 5.76. The van der Waals surface area contributed by atoms with Crippen LogP contribution in [-0.4, -0.2) is 9.97 Å². The number of H-pyrrole nitrogens is 1. The van der Waals surface area contributed by atoms with Gasteiger partial charge in [-0.3, -0.25) is 0 Å². The Morgan fingerprint density at radius 3 is 2.42 bits per heavy atom. The van der Waals surface area contributed by atoms with Crippen molar-refractivity contribution < 1.29 is 0 Å². The Morgan fingerprint density at radius 2 is 1.63 bits per heavy atom. The van der Waals surface area contributed by atoms with E-state index in [-0.39, 0.29) is 0 Å². The normalized spacial score (nSPS) is 10.5. The van der Waals surface area contributed by atoms with Gasteiger partial charge in [0.25, 0.3) is 0 Å². The van der Waals surface area contributed by atoms with Crippen LogP contribution in [0.2, 0.25) is 0 Å². The number of nitrogens with zero attached hydrogens (tertiary/aromatic N) is 1. The highest BCUT2D eigenvalue weighted by molar-refractivity contribution is 5.55. The molecule has 0 fully saturated rings. The second-order valence-electron chi connectivity index (χ2n) is 4.62. The van der Waals surface area contributed by atoms with Crippen molar-refractivity contribution in [2.45, 2.75) is 12.8 Å². The fourth-order valence-corrected chi connectivity index (χ4v) is 2.23. The van der Waals surface area contributed by atoms with Crippen molar-refractivity contribution in [1.82, 2.24) is 9.97 Å². The molecule has 3 aromatic rings. The predicted octanol–water partition coefficient (Wildman–Crippen LogP) is 3.86. The van der Waals surface area contributed by atoms with Crippen LogP contribution in [-0.2, 0) is 12.8 Å². The molecule has 1 heterocycles. The summed E-state index contributed by atoms with van der Waals surface area (Å²) in [5.41, 5.74) is 3.87. The summed E-state index contributed by atoms with van der Waals surface area (Å²) in [6, 6.07) is 19.2. The molecule has 2 nitrogen and oxygen atoms in total. The second kappa shape index (κ2) is 5.53. The van der Waals surface area contributed by atoms with Gasteiger partial charge in [-0.25, -0.2) is 4.98 Å². The number of rotatable bonds is 4. The monoisotopic (exact) mass is 248 g/mol. The van der Waals surface area contributed by atoms with Crippen molar-refractivity contribution >= 4 is 0 Å². The van der Waals surface area contributed by atoms with Gasteiger partial charge >= 0.3 is 0 Å². The van der Waals surface area contributed by atoms with Crippen molar-refractivity contribution in [3.05, 3.63) is 78.1 Å². The number of hydrogen-bond acceptors (Lipinski definition) is 1. The number of hydrogen-bond donors (Lipinski definition) is 1. The van der Waals surface area contributed by atoms with Gasteiger partial charge in [0.15, 0.2) is 0 Å². The second-order valence-corrected chi connectivity index (χ2v) is 4.62. The zero-order chi connectivity index (χ0) is 12.9. The van der Waals surface area contributed by atoms with Gasteiger partial charge in [-0.2, -0.15) is 0 Å². The van der Waals surface area contributed by atoms with Gasteiger partial charge in [0, 0.05) is 18.0 Å². The Balaban J connectivity index is 1.74. The van der Waals surface area contributed by atoms with Crippen LogP contribution >= 0.6 is 0 Å². The first-order valence-corrected chi connectivity index (χ1v) is 6.54. The van der Waals surface area contributed by atoms with E-state index in [0.717, 1.165) is 24.2 Å². The van der Waals surface area contributed by atoms with E-state index >= 15 is 0 Å². The molecule has 3 rings (SSSR count). The molecule has 0 aliphatic heterocycles. The first kappa shape index (κ1) is 11.7. The van der Waals surface area contributed by atoms with E-state index in [0.29, 0.717) is 0 Å². The first-order valence-electron chi connectivity index (χ1n) is 6.54. The predicted molar refractivity (Wildman–Crippen MR) is 77.9 cm³/mol. The van der Waals surface area contributed by atoms with E-state index in [1.54, 1.807) is 6.20 Å². The Bertz CT molecular complexity index is 627. The molecule has 2 aromatic carbocycles.